The summed E-state index contributed by atoms with van der Waals surface area (Å²) >= 11 is 0. The van der Waals surface area contributed by atoms with Crippen molar-refractivity contribution in [3.63, 3.8) is 0 Å². The predicted octanol–water partition coefficient (Wildman–Crippen LogP) is 2.07. The van der Waals surface area contributed by atoms with E-state index in [4.69, 9.17) is 4.42 Å². The molecule has 1 aliphatic heterocycles. The minimum absolute atomic E-state index is 0.0362. The molecule has 0 spiro atoms. The summed E-state index contributed by atoms with van der Waals surface area (Å²) in [6.45, 7) is 2.32. The van der Waals surface area contributed by atoms with E-state index < -0.39 is 11.0 Å². The van der Waals surface area contributed by atoms with Gasteiger partial charge in [0.2, 0.25) is 5.91 Å². The van der Waals surface area contributed by atoms with Crippen molar-refractivity contribution in [2.24, 2.45) is 0 Å². The van der Waals surface area contributed by atoms with Crippen molar-refractivity contribution in [1.29, 1.82) is 0 Å². The van der Waals surface area contributed by atoms with Gasteiger partial charge in [-0.25, -0.2) is 0 Å². The highest BCUT2D eigenvalue weighted by Gasteiger charge is 2.36. The van der Waals surface area contributed by atoms with Crippen LogP contribution in [-0.4, -0.2) is 40.8 Å². The van der Waals surface area contributed by atoms with Crippen molar-refractivity contribution in [3.05, 3.63) is 58.5 Å². The Labute approximate surface area is 137 Å². The summed E-state index contributed by atoms with van der Waals surface area (Å²) < 4.78 is 5.10. The zero-order valence-electron chi connectivity index (χ0n) is 12.9. The molecule has 1 atom stereocenters. The minimum Gasteiger partial charge on any atom is -0.459 e. The SMILES string of the molecule is C[C@H]1C(=O)N(c2ccc([N+](=O)[O-])cc2)CCN1C(=O)c1ccco1. The second-order valence-corrected chi connectivity index (χ2v) is 5.42. The van der Waals surface area contributed by atoms with Crippen LogP contribution in [0.15, 0.2) is 47.1 Å². The number of amides is 2. The fourth-order valence-electron chi connectivity index (χ4n) is 2.70. The van der Waals surface area contributed by atoms with E-state index in [1.165, 1.54) is 40.3 Å². The molecule has 2 aromatic rings. The summed E-state index contributed by atoms with van der Waals surface area (Å²) in [5.74, 6) is -0.377. The molecule has 0 bridgehead atoms. The van der Waals surface area contributed by atoms with Gasteiger partial charge in [0.1, 0.15) is 6.04 Å². The first-order valence-electron chi connectivity index (χ1n) is 7.39. The van der Waals surface area contributed by atoms with E-state index in [1.54, 1.807) is 19.1 Å². The van der Waals surface area contributed by atoms with E-state index in [-0.39, 0.29) is 23.3 Å². The number of anilines is 1. The smallest absolute Gasteiger partial charge is 0.290 e. The third-order valence-corrected chi connectivity index (χ3v) is 4.02. The average molecular weight is 329 g/mol. The molecule has 8 heteroatoms. The Balaban J connectivity index is 1.77. The molecule has 0 N–H and O–H groups in total. The lowest BCUT2D eigenvalue weighted by Gasteiger charge is -2.38. The van der Waals surface area contributed by atoms with Crippen LogP contribution >= 0.6 is 0 Å². The molecule has 24 heavy (non-hydrogen) atoms. The van der Waals surface area contributed by atoms with Crippen LogP contribution in [0.1, 0.15) is 17.5 Å². The van der Waals surface area contributed by atoms with Crippen molar-refractivity contribution in [3.8, 4) is 0 Å². The van der Waals surface area contributed by atoms with Gasteiger partial charge in [0.25, 0.3) is 11.6 Å². The Hall–Kier alpha value is -3.16. The molecule has 2 amide bonds. The van der Waals surface area contributed by atoms with E-state index in [0.717, 1.165) is 0 Å². The van der Waals surface area contributed by atoms with Crippen molar-refractivity contribution in [2.75, 3.05) is 18.0 Å². The summed E-state index contributed by atoms with van der Waals surface area (Å²) in [6.07, 6.45) is 1.41. The quantitative estimate of drug-likeness (QED) is 0.634. The van der Waals surface area contributed by atoms with Gasteiger partial charge in [0.05, 0.1) is 11.2 Å². The largest absolute Gasteiger partial charge is 0.459 e. The van der Waals surface area contributed by atoms with E-state index in [9.17, 15) is 19.7 Å². The van der Waals surface area contributed by atoms with Gasteiger partial charge in [-0.2, -0.15) is 0 Å². The zero-order chi connectivity index (χ0) is 17.3. The minimum atomic E-state index is -0.647. The molecule has 2 heterocycles. The predicted molar refractivity (Wildman–Crippen MR) is 84.7 cm³/mol. The summed E-state index contributed by atoms with van der Waals surface area (Å²) in [5, 5.41) is 10.7. The Bertz CT molecular complexity index is 770. The number of carbonyl (C=O) groups excluding carboxylic acids is 2. The number of non-ortho nitro benzene ring substituents is 1. The number of nitro groups is 1. The average Bonchev–Trinajstić information content (AvgIpc) is 3.11. The molecule has 3 rings (SSSR count). The summed E-state index contributed by atoms with van der Waals surface area (Å²) in [6, 6.07) is 8.31. The van der Waals surface area contributed by atoms with Crippen LogP contribution in [0.3, 0.4) is 0 Å². The van der Waals surface area contributed by atoms with Crippen LogP contribution in [0.5, 0.6) is 0 Å². The molecule has 1 fully saturated rings. The first-order valence-corrected chi connectivity index (χ1v) is 7.39. The van der Waals surface area contributed by atoms with Crippen LogP contribution in [-0.2, 0) is 4.79 Å². The van der Waals surface area contributed by atoms with Gasteiger partial charge >= 0.3 is 0 Å². The Morgan fingerprint density at radius 1 is 1.25 bits per heavy atom. The number of furan rings is 1. The number of piperazine rings is 1. The molecule has 0 aliphatic carbocycles. The highest BCUT2D eigenvalue weighted by Crippen LogP contribution is 2.24. The van der Waals surface area contributed by atoms with E-state index in [1.807, 2.05) is 0 Å². The third-order valence-electron chi connectivity index (χ3n) is 4.02. The van der Waals surface area contributed by atoms with Crippen LogP contribution in [0.2, 0.25) is 0 Å². The topological polar surface area (TPSA) is 96.9 Å². The second-order valence-electron chi connectivity index (χ2n) is 5.42. The van der Waals surface area contributed by atoms with E-state index in [2.05, 4.69) is 0 Å². The van der Waals surface area contributed by atoms with Crippen molar-refractivity contribution in [1.82, 2.24) is 4.90 Å². The third kappa shape index (κ3) is 2.73. The fraction of sp³-hybridized carbons (Fsp3) is 0.250. The van der Waals surface area contributed by atoms with Gasteiger partial charge in [0, 0.05) is 30.9 Å². The molecule has 8 nitrogen and oxygen atoms in total. The summed E-state index contributed by atoms with van der Waals surface area (Å²) in [5.41, 5.74) is 0.536. The molecule has 124 valence electrons. The number of rotatable bonds is 3. The fourth-order valence-corrected chi connectivity index (χ4v) is 2.70. The van der Waals surface area contributed by atoms with Crippen LogP contribution in [0.25, 0.3) is 0 Å². The highest BCUT2D eigenvalue weighted by molar-refractivity contribution is 6.02. The summed E-state index contributed by atoms with van der Waals surface area (Å²) in [7, 11) is 0. The van der Waals surface area contributed by atoms with Gasteiger partial charge in [-0.1, -0.05) is 0 Å². The molecular formula is C16H15N3O5. The normalized spacial score (nSPS) is 17.9. The number of hydrogen-bond donors (Lipinski definition) is 0. The Morgan fingerprint density at radius 3 is 2.54 bits per heavy atom. The maximum atomic E-state index is 12.6. The van der Waals surface area contributed by atoms with Gasteiger partial charge in [-0.3, -0.25) is 19.7 Å². The molecule has 1 aromatic carbocycles. The standard InChI is InChI=1S/C16H15N3O5/c1-11-15(20)18(12-4-6-13(7-5-12)19(22)23)9-8-17(11)16(21)14-3-2-10-24-14/h2-7,10-11H,8-9H2,1H3/t11-/m0/s1. The molecular weight excluding hydrogens is 314 g/mol. The van der Waals surface area contributed by atoms with Gasteiger partial charge < -0.3 is 14.2 Å². The molecule has 1 aliphatic rings. The lowest BCUT2D eigenvalue weighted by atomic mass is 10.1. The molecule has 0 radical (unpaired) electrons. The number of benzene rings is 1. The van der Waals surface area contributed by atoms with Crippen molar-refractivity contribution < 1.29 is 18.9 Å². The first-order chi connectivity index (χ1) is 11.5. The lowest BCUT2D eigenvalue weighted by molar-refractivity contribution is -0.384. The Kier molecular flexibility index (Phi) is 4.03. The number of hydrogen-bond acceptors (Lipinski definition) is 5. The second kappa shape index (κ2) is 6.15. The van der Waals surface area contributed by atoms with Crippen LogP contribution in [0.4, 0.5) is 11.4 Å². The highest BCUT2D eigenvalue weighted by atomic mass is 16.6. The number of nitro benzene ring substituents is 1. The van der Waals surface area contributed by atoms with E-state index in [0.29, 0.717) is 18.8 Å². The molecule has 1 aromatic heterocycles. The molecule has 1 saturated heterocycles. The number of nitrogens with zero attached hydrogens (tertiary/aromatic N) is 3. The number of carbonyl (C=O) groups is 2. The molecule has 0 saturated carbocycles. The monoisotopic (exact) mass is 329 g/mol. The van der Waals surface area contributed by atoms with Gasteiger partial charge in [-0.15, -0.1) is 0 Å². The molecule has 0 unspecified atom stereocenters. The zero-order valence-corrected chi connectivity index (χ0v) is 12.9. The van der Waals surface area contributed by atoms with Crippen LogP contribution in [0, 0.1) is 10.1 Å². The van der Waals surface area contributed by atoms with E-state index >= 15 is 0 Å². The Morgan fingerprint density at radius 2 is 1.96 bits per heavy atom. The lowest BCUT2D eigenvalue weighted by Crippen LogP contribution is -2.57. The first kappa shape index (κ1) is 15.7. The van der Waals surface area contributed by atoms with Crippen molar-refractivity contribution >= 4 is 23.2 Å². The van der Waals surface area contributed by atoms with Gasteiger partial charge in [0.15, 0.2) is 5.76 Å². The summed E-state index contributed by atoms with van der Waals surface area (Å²) in [4.78, 5) is 38.2. The van der Waals surface area contributed by atoms with Crippen molar-refractivity contribution in [2.45, 2.75) is 13.0 Å². The van der Waals surface area contributed by atoms with Gasteiger partial charge in [-0.05, 0) is 31.2 Å². The van der Waals surface area contributed by atoms with Crippen LogP contribution < -0.4 is 4.90 Å². The maximum absolute atomic E-state index is 12.6. The maximum Gasteiger partial charge on any atom is 0.290 e.